The molecule has 0 atom stereocenters. The maximum Gasteiger partial charge on any atom is 0.246 e. The van der Waals surface area contributed by atoms with Gasteiger partial charge in [0, 0.05) is 24.2 Å². The van der Waals surface area contributed by atoms with Crippen LogP contribution in [-0.4, -0.2) is 29.6 Å². The summed E-state index contributed by atoms with van der Waals surface area (Å²) >= 11 is 1.41. The van der Waals surface area contributed by atoms with E-state index in [1.54, 1.807) is 0 Å². The molecule has 1 aromatic carbocycles. The fourth-order valence-electron chi connectivity index (χ4n) is 2.50. The number of nitrogens with zero attached hydrogens (tertiary/aromatic N) is 1. The summed E-state index contributed by atoms with van der Waals surface area (Å²) in [6.45, 7) is 3.09. The third kappa shape index (κ3) is 3.04. The van der Waals surface area contributed by atoms with Crippen LogP contribution < -0.4 is 11.1 Å². The second-order valence-electron chi connectivity index (χ2n) is 5.58. The maximum absolute atomic E-state index is 12.4. The number of benzene rings is 1. The minimum Gasteiger partial charge on any atom is -0.381 e. The lowest BCUT2D eigenvalue weighted by Gasteiger charge is -2.31. The molecule has 3 N–H and O–H groups in total. The van der Waals surface area contributed by atoms with E-state index in [1.807, 2.05) is 36.6 Å². The van der Waals surface area contributed by atoms with Crippen molar-refractivity contribution in [1.29, 1.82) is 0 Å². The monoisotopic (exact) mass is 317 g/mol. The van der Waals surface area contributed by atoms with E-state index in [1.165, 1.54) is 11.3 Å². The lowest BCUT2D eigenvalue weighted by molar-refractivity contribution is -0.124. The second-order valence-corrected chi connectivity index (χ2v) is 6.43. The van der Waals surface area contributed by atoms with Gasteiger partial charge in [-0.25, -0.2) is 4.98 Å². The first kappa shape index (κ1) is 15.1. The zero-order chi connectivity index (χ0) is 15.6. The first-order valence-electron chi connectivity index (χ1n) is 7.28. The van der Waals surface area contributed by atoms with Crippen LogP contribution in [0.25, 0.3) is 11.3 Å². The molecule has 22 heavy (non-hydrogen) atoms. The van der Waals surface area contributed by atoms with Crippen LogP contribution in [0.5, 0.6) is 0 Å². The van der Waals surface area contributed by atoms with Crippen LogP contribution in [0.1, 0.15) is 18.4 Å². The van der Waals surface area contributed by atoms with E-state index in [0.29, 0.717) is 31.2 Å². The summed E-state index contributed by atoms with van der Waals surface area (Å²) in [6, 6.07) is 8.05. The second kappa shape index (κ2) is 6.16. The summed E-state index contributed by atoms with van der Waals surface area (Å²) < 4.78 is 5.27. The largest absolute Gasteiger partial charge is 0.381 e. The number of anilines is 1. The van der Waals surface area contributed by atoms with Gasteiger partial charge in [0.15, 0.2) is 5.13 Å². The number of aromatic nitrogens is 1. The Hall–Kier alpha value is -1.76. The van der Waals surface area contributed by atoms with Gasteiger partial charge in [-0.2, -0.15) is 0 Å². The van der Waals surface area contributed by atoms with E-state index in [-0.39, 0.29) is 5.91 Å². The molecule has 0 radical (unpaired) electrons. The van der Waals surface area contributed by atoms with E-state index in [0.717, 1.165) is 16.8 Å². The predicted molar refractivity (Wildman–Crippen MR) is 87.9 cm³/mol. The summed E-state index contributed by atoms with van der Waals surface area (Å²) in [4.78, 5) is 16.9. The van der Waals surface area contributed by atoms with Crippen LogP contribution in [0.3, 0.4) is 0 Å². The average molecular weight is 317 g/mol. The molecule has 2 heterocycles. The zero-order valence-corrected chi connectivity index (χ0v) is 13.3. The summed E-state index contributed by atoms with van der Waals surface area (Å²) in [7, 11) is 0. The molecule has 0 spiro atoms. The first-order valence-corrected chi connectivity index (χ1v) is 8.16. The minimum absolute atomic E-state index is 0.179. The van der Waals surface area contributed by atoms with Crippen molar-refractivity contribution < 1.29 is 9.53 Å². The fourth-order valence-corrected chi connectivity index (χ4v) is 3.21. The van der Waals surface area contributed by atoms with Crippen molar-refractivity contribution in [2.24, 2.45) is 5.73 Å². The Balaban J connectivity index is 1.74. The smallest absolute Gasteiger partial charge is 0.246 e. The van der Waals surface area contributed by atoms with Crippen LogP contribution in [0.2, 0.25) is 0 Å². The highest BCUT2D eigenvalue weighted by Gasteiger charge is 2.36. The third-order valence-corrected chi connectivity index (χ3v) is 4.74. The average Bonchev–Trinajstić information content (AvgIpc) is 2.97. The van der Waals surface area contributed by atoms with Gasteiger partial charge in [-0.3, -0.25) is 4.79 Å². The third-order valence-electron chi connectivity index (χ3n) is 3.98. The molecule has 0 aliphatic carbocycles. The van der Waals surface area contributed by atoms with Gasteiger partial charge in [0.2, 0.25) is 5.91 Å². The van der Waals surface area contributed by atoms with Crippen LogP contribution in [-0.2, 0) is 9.53 Å². The summed E-state index contributed by atoms with van der Waals surface area (Å²) in [5.41, 5.74) is 8.43. The normalized spacial score (nSPS) is 17.2. The molecule has 1 amide bonds. The number of hydrogen-bond acceptors (Lipinski definition) is 5. The fraction of sp³-hybridized carbons (Fsp3) is 0.375. The number of aryl methyl sites for hydroxylation is 1. The lowest BCUT2D eigenvalue weighted by atomic mass is 9.90. The van der Waals surface area contributed by atoms with E-state index in [4.69, 9.17) is 10.5 Å². The van der Waals surface area contributed by atoms with Crippen molar-refractivity contribution in [3.63, 3.8) is 0 Å². The Morgan fingerprint density at radius 3 is 2.82 bits per heavy atom. The minimum atomic E-state index is -0.854. The van der Waals surface area contributed by atoms with Gasteiger partial charge >= 0.3 is 0 Å². The van der Waals surface area contributed by atoms with Crippen LogP contribution >= 0.6 is 11.3 Å². The van der Waals surface area contributed by atoms with Gasteiger partial charge in [-0.05, 0) is 25.3 Å². The summed E-state index contributed by atoms with van der Waals surface area (Å²) in [6.07, 6.45) is 1.07. The Bertz CT molecular complexity index is 678. The van der Waals surface area contributed by atoms with Crippen molar-refractivity contribution in [1.82, 2.24) is 4.98 Å². The molecule has 1 aliphatic rings. The van der Waals surface area contributed by atoms with Gasteiger partial charge < -0.3 is 15.8 Å². The number of ether oxygens (including phenoxy) is 1. The molecular formula is C16H19N3O2S. The molecule has 116 valence electrons. The molecule has 1 aromatic heterocycles. The van der Waals surface area contributed by atoms with Crippen molar-refractivity contribution in [3.8, 4) is 11.3 Å². The molecule has 0 bridgehead atoms. The van der Waals surface area contributed by atoms with Gasteiger partial charge in [0.25, 0.3) is 0 Å². The number of carbonyl (C=O) groups excluding carboxylic acids is 1. The number of thiazole rings is 1. The topological polar surface area (TPSA) is 77.2 Å². The van der Waals surface area contributed by atoms with E-state index >= 15 is 0 Å². The highest BCUT2D eigenvalue weighted by atomic mass is 32.1. The van der Waals surface area contributed by atoms with Crippen molar-refractivity contribution in [2.75, 3.05) is 18.5 Å². The van der Waals surface area contributed by atoms with Gasteiger partial charge in [0.05, 0.1) is 5.69 Å². The molecule has 0 unspecified atom stereocenters. The SMILES string of the molecule is Cc1ccccc1-c1csc(NC(=O)C2(N)CCOCC2)n1. The molecule has 1 aliphatic heterocycles. The zero-order valence-electron chi connectivity index (χ0n) is 12.5. The van der Waals surface area contributed by atoms with E-state index in [2.05, 4.69) is 10.3 Å². The molecule has 2 aromatic rings. The summed E-state index contributed by atoms with van der Waals surface area (Å²) in [5, 5.41) is 5.38. The molecule has 5 nitrogen and oxygen atoms in total. The Morgan fingerprint density at radius 1 is 1.36 bits per heavy atom. The van der Waals surface area contributed by atoms with Crippen molar-refractivity contribution in [2.45, 2.75) is 25.3 Å². The van der Waals surface area contributed by atoms with Crippen molar-refractivity contribution >= 4 is 22.4 Å². The van der Waals surface area contributed by atoms with Crippen molar-refractivity contribution in [3.05, 3.63) is 35.2 Å². The first-order chi connectivity index (χ1) is 10.6. The predicted octanol–water partition coefficient (Wildman–Crippen LogP) is 2.56. The van der Waals surface area contributed by atoms with Crippen LogP contribution in [0.4, 0.5) is 5.13 Å². The van der Waals surface area contributed by atoms with E-state index in [9.17, 15) is 4.79 Å². The highest BCUT2D eigenvalue weighted by Crippen LogP contribution is 2.28. The number of amides is 1. The number of nitrogens with one attached hydrogen (secondary N) is 1. The number of carbonyl (C=O) groups is 1. The standard InChI is InChI=1S/C16H19N3O2S/c1-11-4-2-3-5-12(11)13-10-22-15(18-13)19-14(20)16(17)6-8-21-9-7-16/h2-5,10H,6-9,17H2,1H3,(H,18,19,20). The van der Waals surface area contributed by atoms with Gasteiger partial charge in [-0.15, -0.1) is 11.3 Å². The molecule has 0 saturated carbocycles. The van der Waals surface area contributed by atoms with Gasteiger partial charge in [-0.1, -0.05) is 24.3 Å². The number of hydrogen-bond donors (Lipinski definition) is 2. The van der Waals surface area contributed by atoms with Crippen LogP contribution in [0, 0.1) is 6.92 Å². The molecule has 1 saturated heterocycles. The Labute approximate surface area is 133 Å². The van der Waals surface area contributed by atoms with Crippen LogP contribution in [0.15, 0.2) is 29.6 Å². The molecule has 1 fully saturated rings. The highest BCUT2D eigenvalue weighted by molar-refractivity contribution is 7.14. The van der Waals surface area contributed by atoms with Gasteiger partial charge in [0.1, 0.15) is 5.54 Å². The Morgan fingerprint density at radius 2 is 2.09 bits per heavy atom. The lowest BCUT2D eigenvalue weighted by Crippen LogP contribution is -2.54. The molecular weight excluding hydrogens is 298 g/mol. The number of rotatable bonds is 3. The molecule has 6 heteroatoms. The Kier molecular flexibility index (Phi) is 4.24. The quantitative estimate of drug-likeness (QED) is 0.912. The maximum atomic E-state index is 12.4. The summed E-state index contributed by atoms with van der Waals surface area (Å²) in [5.74, 6) is -0.179. The van der Waals surface area contributed by atoms with E-state index < -0.39 is 5.54 Å². The number of nitrogens with two attached hydrogens (primary N) is 1. The molecule has 3 rings (SSSR count).